The number of nitrogens with zero attached hydrogens (tertiary/aromatic N) is 2. The van der Waals surface area contributed by atoms with Gasteiger partial charge in [-0.1, -0.05) is 6.92 Å². The third kappa shape index (κ3) is 4.48. The number of carbonyl (C=O) groups excluding carboxylic acids is 1. The molecule has 1 aliphatic heterocycles. The van der Waals surface area contributed by atoms with Crippen LogP contribution >= 0.6 is 0 Å². The molecule has 10 nitrogen and oxygen atoms in total. The molecule has 0 bridgehead atoms. The lowest BCUT2D eigenvalue weighted by molar-refractivity contribution is -0.0807. The summed E-state index contributed by atoms with van der Waals surface area (Å²) in [5, 5.41) is 9.53. The molecule has 170 valence electrons. The number of benzene rings is 1. The summed E-state index contributed by atoms with van der Waals surface area (Å²) in [5.41, 5.74) is -0.929. The molecule has 0 atom stereocenters. The summed E-state index contributed by atoms with van der Waals surface area (Å²) >= 11 is 0. The molecule has 1 fully saturated rings. The Hall–Kier alpha value is -3.32. The normalized spacial score (nSPS) is 14.2. The first-order chi connectivity index (χ1) is 15.3. The minimum atomic E-state index is -3.84. The van der Waals surface area contributed by atoms with Crippen molar-refractivity contribution in [3.8, 4) is 5.88 Å². The number of pyridine rings is 1. The molecule has 13 heteroatoms. The highest BCUT2D eigenvalue weighted by Crippen LogP contribution is 2.27. The van der Waals surface area contributed by atoms with Gasteiger partial charge < -0.3 is 14.8 Å². The minimum absolute atomic E-state index is 0.134. The van der Waals surface area contributed by atoms with Gasteiger partial charge >= 0.3 is 0 Å². The number of anilines is 2. The van der Waals surface area contributed by atoms with Crippen LogP contribution in [0, 0.1) is 11.6 Å². The van der Waals surface area contributed by atoms with Crippen molar-refractivity contribution in [2.45, 2.75) is 19.4 Å². The lowest BCUT2D eigenvalue weighted by Crippen LogP contribution is -2.38. The van der Waals surface area contributed by atoms with Gasteiger partial charge in [0.05, 0.1) is 41.9 Å². The summed E-state index contributed by atoms with van der Waals surface area (Å²) in [6, 6.07) is 3.22. The molecule has 1 saturated heterocycles. The van der Waals surface area contributed by atoms with Crippen LogP contribution in [0.3, 0.4) is 0 Å². The Bertz CT molecular complexity index is 1280. The van der Waals surface area contributed by atoms with Gasteiger partial charge in [0.25, 0.3) is 5.91 Å². The summed E-state index contributed by atoms with van der Waals surface area (Å²) in [5.74, 6) is -3.59. The number of halogens is 2. The van der Waals surface area contributed by atoms with Gasteiger partial charge in [0, 0.05) is 0 Å². The molecule has 2 aromatic heterocycles. The number of nitrogens with one attached hydrogen (secondary N) is 3. The van der Waals surface area contributed by atoms with Gasteiger partial charge in [-0.15, -0.1) is 5.10 Å². The standard InChI is InChI=1S/C19H19F2N5O5S/c1-2-5-32(28,29)26-14-4-3-13(20)15(16(14)21)18(27)23-10-6-12-17(22-7-10)24-25-19(12)31-11-8-30-9-11/h3-4,6-7,11,26H,2,5,8-9H2,1H3,(H,23,27)(H,22,24,25). The number of sulfonamides is 1. The summed E-state index contributed by atoms with van der Waals surface area (Å²) in [7, 11) is -3.84. The molecule has 1 aliphatic rings. The minimum Gasteiger partial charge on any atom is -0.468 e. The second-order valence-electron chi connectivity index (χ2n) is 7.09. The van der Waals surface area contributed by atoms with Crippen molar-refractivity contribution in [1.29, 1.82) is 0 Å². The van der Waals surface area contributed by atoms with Crippen molar-refractivity contribution >= 4 is 38.3 Å². The first kappa shape index (κ1) is 21.9. The Morgan fingerprint density at radius 2 is 2.12 bits per heavy atom. The molecule has 1 aromatic carbocycles. The Morgan fingerprint density at radius 3 is 2.81 bits per heavy atom. The fourth-order valence-electron chi connectivity index (χ4n) is 3.00. The van der Waals surface area contributed by atoms with E-state index in [2.05, 4.69) is 20.5 Å². The van der Waals surface area contributed by atoms with Crippen LogP contribution in [0.5, 0.6) is 5.88 Å². The van der Waals surface area contributed by atoms with Crippen molar-refractivity contribution in [3.63, 3.8) is 0 Å². The number of hydrogen-bond acceptors (Lipinski definition) is 7. The van der Waals surface area contributed by atoms with E-state index in [4.69, 9.17) is 9.47 Å². The third-order valence-corrected chi connectivity index (χ3v) is 6.06. The number of aromatic amines is 1. The molecular formula is C19H19F2N5O5S. The van der Waals surface area contributed by atoms with E-state index in [1.165, 1.54) is 12.3 Å². The van der Waals surface area contributed by atoms with Crippen LogP contribution in [-0.4, -0.2) is 54.6 Å². The van der Waals surface area contributed by atoms with Crippen LogP contribution in [0.1, 0.15) is 23.7 Å². The van der Waals surface area contributed by atoms with E-state index < -0.39 is 38.8 Å². The van der Waals surface area contributed by atoms with Crippen LogP contribution in [-0.2, 0) is 14.8 Å². The average Bonchev–Trinajstić information content (AvgIpc) is 3.09. The Labute approximate surface area is 181 Å². The van der Waals surface area contributed by atoms with E-state index in [-0.39, 0.29) is 23.4 Å². The van der Waals surface area contributed by atoms with Crippen molar-refractivity contribution in [2.75, 3.05) is 29.0 Å². The smallest absolute Gasteiger partial charge is 0.261 e. The highest BCUT2D eigenvalue weighted by Gasteiger charge is 2.25. The zero-order valence-electron chi connectivity index (χ0n) is 16.8. The molecule has 3 N–H and O–H groups in total. The molecule has 0 spiro atoms. The van der Waals surface area contributed by atoms with Gasteiger partial charge in [-0.3, -0.25) is 14.6 Å². The second-order valence-corrected chi connectivity index (χ2v) is 8.93. The fourth-order valence-corrected chi connectivity index (χ4v) is 4.13. The average molecular weight is 467 g/mol. The third-order valence-electron chi connectivity index (χ3n) is 4.58. The SMILES string of the molecule is CCCS(=O)(=O)Nc1ccc(F)c(C(=O)Nc2cnc3[nH]nc(OC4COC4)c3c2)c1F. The summed E-state index contributed by atoms with van der Waals surface area (Å²) in [6.07, 6.45) is 1.43. The number of hydrogen-bond donors (Lipinski definition) is 3. The van der Waals surface area contributed by atoms with Gasteiger partial charge in [0.1, 0.15) is 17.5 Å². The molecule has 3 heterocycles. The zero-order chi connectivity index (χ0) is 22.9. The summed E-state index contributed by atoms with van der Waals surface area (Å²) in [6.45, 7) is 2.49. The molecule has 4 rings (SSSR count). The van der Waals surface area contributed by atoms with Crippen LogP contribution < -0.4 is 14.8 Å². The number of ether oxygens (including phenoxy) is 2. The lowest BCUT2D eigenvalue weighted by atomic mass is 10.1. The molecule has 32 heavy (non-hydrogen) atoms. The lowest BCUT2D eigenvalue weighted by Gasteiger charge is -2.25. The number of amides is 1. The highest BCUT2D eigenvalue weighted by atomic mass is 32.2. The second kappa shape index (κ2) is 8.67. The topological polar surface area (TPSA) is 135 Å². The van der Waals surface area contributed by atoms with E-state index in [0.717, 1.165) is 12.1 Å². The number of H-pyrrole nitrogens is 1. The Balaban J connectivity index is 1.59. The van der Waals surface area contributed by atoms with Crippen molar-refractivity contribution < 1.29 is 31.5 Å². The fraction of sp³-hybridized carbons (Fsp3) is 0.316. The van der Waals surface area contributed by atoms with E-state index >= 15 is 0 Å². The van der Waals surface area contributed by atoms with E-state index in [1.54, 1.807) is 6.92 Å². The van der Waals surface area contributed by atoms with E-state index in [1.807, 2.05) is 4.72 Å². The van der Waals surface area contributed by atoms with Crippen molar-refractivity contribution in [2.24, 2.45) is 0 Å². The van der Waals surface area contributed by atoms with Crippen LogP contribution in [0.2, 0.25) is 0 Å². The quantitative estimate of drug-likeness (QED) is 0.463. The van der Waals surface area contributed by atoms with Crippen LogP contribution in [0.15, 0.2) is 24.4 Å². The zero-order valence-corrected chi connectivity index (χ0v) is 17.6. The summed E-state index contributed by atoms with van der Waals surface area (Å²) in [4.78, 5) is 16.7. The predicted octanol–water partition coefficient (Wildman–Crippen LogP) is 2.42. The molecule has 1 amide bonds. The molecule has 0 radical (unpaired) electrons. The number of aromatic nitrogens is 3. The number of rotatable bonds is 8. The van der Waals surface area contributed by atoms with Gasteiger partial charge in [0.15, 0.2) is 11.5 Å². The van der Waals surface area contributed by atoms with Gasteiger partial charge in [-0.25, -0.2) is 22.2 Å². The number of carbonyl (C=O) groups is 1. The molecule has 3 aromatic rings. The highest BCUT2D eigenvalue weighted by molar-refractivity contribution is 7.92. The number of fused-ring (bicyclic) bond motifs is 1. The molecule has 0 saturated carbocycles. The molecular weight excluding hydrogens is 448 g/mol. The predicted molar refractivity (Wildman–Crippen MR) is 111 cm³/mol. The van der Waals surface area contributed by atoms with Gasteiger partial charge in [0.2, 0.25) is 15.9 Å². The summed E-state index contributed by atoms with van der Waals surface area (Å²) < 4.78 is 65.7. The maximum absolute atomic E-state index is 14.8. The monoisotopic (exact) mass is 467 g/mol. The van der Waals surface area contributed by atoms with E-state index in [9.17, 15) is 22.0 Å². The van der Waals surface area contributed by atoms with Crippen LogP contribution in [0.25, 0.3) is 11.0 Å². The van der Waals surface area contributed by atoms with E-state index in [0.29, 0.717) is 30.7 Å². The van der Waals surface area contributed by atoms with Crippen molar-refractivity contribution in [1.82, 2.24) is 15.2 Å². The first-order valence-corrected chi connectivity index (χ1v) is 11.3. The van der Waals surface area contributed by atoms with Crippen LogP contribution in [0.4, 0.5) is 20.2 Å². The largest absolute Gasteiger partial charge is 0.468 e. The van der Waals surface area contributed by atoms with Gasteiger partial charge in [-0.2, -0.15) is 0 Å². The Morgan fingerprint density at radius 1 is 1.34 bits per heavy atom. The first-order valence-electron chi connectivity index (χ1n) is 9.65. The van der Waals surface area contributed by atoms with Crippen molar-refractivity contribution in [3.05, 3.63) is 41.6 Å². The maximum atomic E-state index is 14.8. The van der Waals surface area contributed by atoms with Gasteiger partial charge in [-0.05, 0) is 24.6 Å². The maximum Gasteiger partial charge on any atom is 0.261 e. The Kier molecular flexibility index (Phi) is 5.93. The molecule has 0 aliphatic carbocycles. The molecule has 0 unspecified atom stereocenters.